The number of hydrogen-bond acceptors (Lipinski definition) is 2. The quantitative estimate of drug-likeness (QED) is 0.790. The lowest BCUT2D eigenvalue weighted by Crippen LogP contribution is -2.21. The summed E-state index contributed by atoms with van der Waals surface area (Å²) in [4.78, 5) is 11.6. The summed E-state index contributed by atoms with van der Waals surface area (Å²) in [5, 5.41) is 6.75. The topological polar surface area (TPSA) is 46.9 Å². The summed E-state index contributed by atoms with van der Waals surface area (Å²) in [6.07, 6.45) is 5.97. The fraction of sp³-hybridized carbons (Fsp3) is 0.400. The molecule has 0 radical (unpaired) electrons. The highest BCUT2D eigenvalue weighted by molar-refractivity contribution is 5.94. The van der Waals surface area contributed by atoms with Gasteiger partial charge in [-0.25, -0.2) is 0 Å². The molecule has 4 heteroatoms. The minimum absolute atomic E-state index is 0.104. The summed E-state index contributed by atoms with van der Waals surface area (Å²) >= 11 is 0. The molecule has 4 nitrogen and oxygen atoms in total. The van der Waals surface area contributed by atoms with E-state index in [2.05, 4.69) is 10.4 Å². The molecule has 1 heterocycles. The van der Waals surface area contributed by atoms with Crippen molar-refractivity contribution in [1.82, 2.24) is 15.1 Å². The van der Waals surface area contributed by atoms with Crippen LogP contribution in [-0.4, -0.2) is 15.7 Å². The Balaban J connectivity index is 2.68. The van der Waals surface area contributed by atoms with Gasteiger partial charge in [-0.15, -0.1) is 0 Å². The fourth-order valence-corrected chi connectivity index (χ4v) is 1.12. The van der Waals surface area contributed by atoms with Gasteiger partial charge in [-0.1, -0.05) is 13.0 Å². The van der Waals surface area contributed by atoms with Gasteiger partial charge in [0.2, 0.25) is 0 Å². The van der Waals surface area contributed by atoms with E-state index in [1.54, 1.807) is 24.1 Å². The number of nitrogens with one attached hydrogen (secondary N) is 1. The van der Waals surface area contributed by atoms with E-state index in [0.29, 0.717) is 5.56 Å². The molecule has 0 aliphatic heterocycles. The molecule has 1 N–H and O–H groups in total. The maximum Gasteiger partial charge on any atom is 0.258 e. The standard InChI is InChI=1S/C10H15N3O/c1-4-9(5-2)12-10(14)8-6-11-13(3)7-8/h4,6-7H,5H2,1-3H3,(H,12,14)/b9-4+. The predicted molar refractivity (Wildman–Crippen MR) is 54.7 cm³/mol. The maximum absolute atomic E-state index is 11.6. The lowest BCUT2D eigenvalue weighted by atomic mass is 10.3. The van der Waals surface area contributed by atoms with E-state index in [0.717, 1.165) is 12.1 Å². The Morgan fingerprint density at radius 2 is 2.43 bits per heavy atom. The second kappa shape index (κ2) is 4.60. The molecule has 0 fully saturated rings. The molecule has 0 saturated carbocycles. The number of amides is 1. The van der Waals surface area contributed by atoms with Crippen molar-refractivity contribution >= 4 is 5.91 Å². The van der Waals surface area contributed by atoms with Gasteiger partial charge in [0.25, 0.3) is 5.91 Å². The Labute approximate surface area is 83.6 Å². The van der Waals surface area contributed by atoms with Gasteiger partial charge in [0, 0.05) is 18.9 Å². The lowest BCUT2D eigenvalue weighted by Gasteiger charge is -2.04. The van der Waals surface area contributed by atoms with Crippen molar-refractivity contribution in [3.63, 3.8) is 0 Å². The number of carbonyl (C=O) groups is 1. The van der Waals surface area contributed by atoms with Gasteiger partial charge in [-0.3, -0.25) is 9.48 Å². The second-order valence-electron chi connectivity index (χ2n) is 3.02. The fourth-order valence-electron chi connectivity index (χ4n) is 1.12. The summed E-state index contributed by atoms with van der Waals surface area (Å²) in [6.45, 7) is 3.90. The summed E-state index contributed by atoms with van der Waals surface area (Å²) < 4.78 is 1.61. The highest BCUT2D eigenvalue weighted by Crippen LogP contribution is 2.00. The molecule has 0 aromatic carbocycles. The monoisotopic (exact) mass is 193 g/mol. The van der Waals surface area contributed by atoms with E-state index in [-0.39, 0.29) is 5.91 Å². The van der Waals surface area contributed by atoms with Crippen LogP contribution in [0, 0.1) is 0 Å². The van der Waals surface area contributed by atoms with Crippen molar-refractivity contribution in [2.24, 2.45) is 7.05 Å². The predicted octanol–water partition coefficient (Wildman–Crippen LogP) is 1.46. The molecule has 0 spiro atoms. The molecule has 0 atom stereocenters. The third-order valence-electron chi connectivity index (χ3n) is 1.97. The molecule has 0 aliphatic rings. The number of rotatable bonds is 3. The molecule has 0 saturated heterocycles. The number of aromatic nitrogens is 2. The van der Waals surface area contributed by atoms with Gasteiger partial charge >= 0.3 is 0 Å². The van der Waals surface area contributed by atoms with Crippen LogP contribution in [0.3, 0.4) is 0 Å². The zero-order valence-electron chi connectivity index (χ0n) is 8.74. The molecule has 1 aromatic heterocycles. The van der Waals surface area contributed by atoms with Crippen LogP contribution in [-0.2, 0) is 7.05 Å². The summed E-state index contributed by atoms with van der Waals surface area (Å²) in [5.41, 5.74) is 1.51. The smallest absolute Gasteiger partial charge is 0.258 e. The number of carbonyl (C=O) groups excluding carboxylic acids is 1. The van der Waals surface area contributed by atoms with E-state index >= 15 is 0 Å². The van der Waals surface area contributed by atoms with Crippen LogP contribution < -0.4 is 5.32 Å². The Hall–Kier alpha value is -1.58. The molecular formula is C10H15N3O. The van der Waals surface area contributed by atoms with E-state index in [4.69, 9.17) is 0 Å². The second-order valence-corrected chi connectivity index (χ2v) is 3.02. The molecule has 76 valence electrons. The minimum atomic E-state index is -0.104. The number of allylic oxidation sites excluding steroid dienone is 2. The Bertz CT molecular complexity index is 352. The zero-order valence-corrected chi connectivity index (χ0v) is 8.74. The van der Waals surface area contributed by atoms with E-state index < -0.39 is 0 Å². The van der Waals surface area contributed by atoms with Crippen molar-refractivity contribution in [2.45, 2.75) is 20.3 Å². The number of nitrogens with zero attached hydrogens (tertiary/aromatic N) is 2. The van der Waals surface area contributed by atoms with Crippen LogP contribution in [0.5, 0.6) is 0 Å². The van der Waals surface area contributed by atoms with Gasteiger partial charge in [0.15, 0.2) is 0 Å². The van der Waals surface area contributed by atoms with E-state index in [1.807, 2.05) is 19.9 Å². The molecule has 0 aliphatic carbocycles. The SMILES string of the molecule is C/C=C(\CC)NC(=O)c1cnn(C)c1. The number of aryl methyl sites for hydroxylation is 1. The Morgan fingerprint density at radius 1 is 1.71 bits per heavy atom. The Kier molecular flexibility index (Phi) is 3.45. The summed E-state index contributed by atoms with van der Waals surface area (Å²) in [6, 6.07) is 0. The first-order chi connectivity index (χ1) is 6.67. The van der Waals surface area contributed by atoms with Crippen molar-refractivity contribution in [1.29, 1.82) is 0 Å². The van der Waals surface area contributed by atoms with Crippen LogP contribution in [0.4, 0.5) is 0 Å². The van der Waals surface area contributed by atoms with Crippen molar-refractivity contribution < 1.29 is 4.79 Å². The van der Waals surface area contributed by atoms with Crippen LogP contribution >= 0.6 is 0 Å². The molecule has 1 amide bonds. The lowest BCUT2D eigenvalue weighted by molar-refractivity contribution is 0.0964. The molecule has 0 unspecified atom stereocenters. The maximum atomic E-state index is 11.6. The highest BCUT2D eigenvalue weighted by atomic mass is 16.1. The van der Waals surface area contributed by atoms with E-state index in [1.165, 1.54) is 0 Å². The zero-order chi connectivity index (χ0) is 10.6. The summed E-state index contributed by atoms with van der Waals surface area (Å²) in [5.74, 6) is -0.104. The van der Waals surface area contributed by atoms with Gasteiger partial charge < -0.3 is 5.32 Å². The van der Waals surface area contributed by atoms with Gasteiger partial charge in [0.05, 0.1) is 11.8 Å². The Morgan fingerprint density at radius 3 is 2.86 bits per heavy atom. The van der Waals surface area contributed by atoms with Gasteiger partial charge in [0.1, 0.15) is 0 Å². The van der Waals surface area contributed by atoms with Crippen molar-refractivity contribution in [3.05, 3.63) is 29.7 Å². The van der Waals surface area contributed by atoms with Gasteiger partial charge in [-0.05, 0) is 13.3 Å². The molecule has 1 aromatic rings. The molecule has 0 bridgehead atoms. The average molecular weight is 193 g/mol. The van der Waals surface area contributed by atoms with Crippen LogP contribution in [0.2, 0.25) is 0 Å². The largest absolute Gasteiger partial charge is 0.326 e. The van der Waals surface area contributed by atoms with E-state index in [9.17, 15) is 4.79 Å². The third kappa shape index (κ3) is 2.45. The van der Waals surface area contributed by atoms with Crippen molar-refractivity contribution in [3.8, 4) is 0 Å². The molecular weight excluding hydrogens is 178 g/mol. The first-order valence-corrected chi connectivity index (χ1v) is 4.62. The van der Waals surface area contributed by atoms with Crippen LogP contribution in [0.25, 0.3) is 0 Å². The van der Waals surface area contributed by atoms with Gasteiger partial charge in [-0.2, -0.15) is 5.10 Å². The normalized spacial score (nSPS) is 11.5. The third-order valence-corrected chi connectivity index (χ3v) is 1.97. The van der Waals surface area contributed by atoms with Crippen LogP contribution in [0.1, 0.15) is 30.6 Å². The van der Waals surface area contributed by atoms with Crippen LogP contribution in [0.15, 0.2) is 24.2 Å². The molecule has 14 heavy (non-hydrogen) atoms. The van der Waals surface area contributed by atoms with Crippen molar-refractivity contribution in [2.75, 3.05) is 0 Å². The highest BCUT2D eigenvalue weighted by Gasteiger charge is 2.07. The summed E-state index contributed by atoms with van der Waals surface area (Å²) in [7, 11) is 1.78. The first-order valence-electron chi connectivity index (χ1n) is 4.62. The average Bonchev–Trinajstić information content (AvgIpc) is 2.61. The first kappa shape index (κ1) is 10.5. The number of hydrogen-bond donors (Lipinski definition) is 1. The minimum Gasteiger partial charge on any atom is -0.326 e. The molecule has 1 rings (SSSR count).